The van der Waals surface area contributed by atoms with Crippen LogP contribution in [0.4, 0.5) is 0 Å². The third-order valence-electron chi connectivity index (χ3n) is 5.88. The van der Waals surface area contributed by atoms with E-state index in [1.165, 1.54) is 5.56 Å². The molecule has 5 heteroatoms. The Morgan fingerprint density at radius 3 is 2.54 bits per heavy atom. The molecule has 1 saturated heterocycles. The van der Waals surface area contributed by atoms with Crippen LogP contribution in [0.15, 0.2) is 42.5 Å². The summed E-state index contributed by atoms with van der Waals surface area (Å²) in [6, 6.07) is 14.4. The second kappa shape index (κ2) is 8.23. The van der Waals surface area contributed by atoms with Crippen molar-refractivity contribution in [2.75, 3.05) is 40.4 Å². The predicted molar refractivity (Wildman–Crippen MR) is 109 cm³/mol. The van der Waals surface area contributed by atoms with Crippen LogP contribution in [0.25, 0.3) is 0 Å². The number of fused-ring (bicyclic) bond motifs is 1. The van der Waals surface area contributed by atoms with Crippen molar-refractivity contribution in [3.05, 3.63) is 59.2 Å². The van der Waals surface area contributed by atoms with Gasteiger partial charge in [0.1, 0.15) is 0 Å². The first kappa shape index (κ1) is 18.8. The average Bonchev–Trinajstić information content (AvgIpc) is 3.16. The summed E-state index contributed by atoms with van der Waals surface area (Å²) in [4.78, 5) is 17.6. The Labute approximate surface area is 166 Å². The molecule has 0 radical (unpaired) electrons. The molecule has 0 aliphatic carbocycles. The summed E-state index contributed by atoms with van der Waals surface area (Å²) in [5, 5.41) is 0. The number of benzene rings is 2. The van der Waals surface area contributed by atoms with Crippen molar-refractivity contribution in [1.29, 1.82) is 0 Å². The van der Waals surface area contributed by atoms with E-state index < -0.39 is 0 Å². The van der Waals surface area contributed by atoms with Crippen molar-refractivity contribution >= 4 is 5.91 Å². The summed E-state index contributed by atoms with van der Waals surface area (Å²) < 4.78 is 10.8. The van der Waals surface area contributed by atoms with Gasteiger partial charge in [0.05, 0.1) is 14.2 Å². The molecule has 0 saturated carbocycles. The topological polar surface area (TPSA) is 42.0 Å². The SMILES string of the molecule is COc1cc2c(cc1OC)C(=O)N(CC1CCN(Cc3ccccc3)C1)CC2. The lowest BCUT2D eigenvalue weighted by Gasteiger charge is -2.31. The van der Waals surface area contributed by atoms with Crippen molar-refractivity contribution in [3.63, 3.8) is 0 Å². The van der Waals surface area contributed by atoms with Crippen LogP contribution in [0.1, 0.15) is 27.9 Å². The van der Waals surface area contributed by atoms with Crippen molar-refractivity contribution < 1.29 is 14.3 Å². The van der Waals surface area contributed by atoms with Crippen LogP contribution in [-0.4, -0.2) is 56.1 Å². The Kier molecular flexibility index (Phi) is 5.53. The number of methoxy groups -OCH3 is 2. The number of nitrogens with zero attached hydrogens (tertiary/aromatic N) is 2. The maximum absolute atomic E-state index is 13.1. The largest absolute Gasteiger partial charge is 0.493 e. The fraction of sp³-hybridized carbons (Fsp3) is 0.435. The van der Waals surface area contributed by atoms with Crippen LogP contribution in [0.2, 0.25) is 0 Å². The third kappa shape index (κ3) is 3.85. The summed E-state index contributed by atoms with van der Waals surface area (Å²) >= 11 is 0. The van der Waals surface area contributed by atoms with Crippen molar-refractivity contribution in [2.24, 2.45) is 5.92 Å². The van der Waals surface area contributed by atoms with Crippen LogP contribution in [-0.2, 0) is 13.0 Å². The summed E-state index contributed by atoms with van der Waals surface area (Å²) in [5.74, 6) is 1.96. The van der Waals surface area contributed by atoms with Gasteiger partial charge >= 0.3 is 0 Å². The van der Waals surface area contributed by atoms with Crippen molar-refractivity contribution in [1.82, 2.24) is 9.80 Å². The van der Waals surface area contributed by atoms with Crippen molar-refractivity contribution in [3.8, 4) is 11.5 Å². The minimum atomic E-state index is 0.115. The highest BCUT2D eigenvalue weighted by Gasteiger charge is 2.30. The first-order chi connectivity index (χ1) is 13.7. The molecule has 4 rings (SSSR count). The fourth-order valence-electron chi connectivity index (χ4n) is 4.39. The van der Waals surface area contributed by atoms with Gasteiger partial charge < -0.3 is 14.4 Å². The molecule has 1 atom stereocenters. The summed E-state index contributed by atoms with van der Waals surface area (Å²) in [6.07, 6.45) is 2.01. The lowest BCUT2D eigenvalue weighted by atomic mass is 9.96. The molecule has 0 N–H and O–H groups in total. The zero-order chi connectivity index (χ0) is 19.5. The van der Waals surface area contributed by atoms with E-state index in [1.807, 2.05) is 17.0 Å². The highest BCUT2D eigenvalue weighted by atomic mass is 16.5. The Morgan fingerprint density at radius 2 is 1.79 bits per heavy atom. The molecule has 5 nitrogen and oxygen atoms in total. The van der Waals surface area contributed by atoms with Crippen LogP contribution in [0.5, 0.6) is 11.5 Å². The molecule has 2 heterocycles. The molecule has 2 aromatic carbocycles. The van der Waals surface area contributed by atoms with E-state index in [-0.39, 0.29) is 5.91 Å². The van der Waals surface area contributed by atoms with Gasteiger partial charge in [-0.05, 0) is 48.6 Å². The van der Waals surface area contributed by atoms with Crippen molar-refractivity contribution in [2.45, 2.75) is 19.4 Å². The van der Waals surface area contributed by atoms with Gasteiger partial charge in [-0.25, -0.2) is 0 Å². The first-order valence-corrected chi connectivity index (χ1v) is 9.98. The van der Waals surface area contributed by atoms with E-state index in [4.69, 9.17) is 9.47 Å². The van der Waals surface area contributed by atoms with Gasteiger partial charge in [0.15, 0.2) is 11.5 Å². The number of carbonyl (C=O) groups is 1. The number of rotatable bonds is 6. The Bertz CT molecular complexity index is 837. The molecule has 148 valence electrons. The first-order valence-electron chi connectivity index (χ1n) is 9.98. The van der Waals surface area contributed by atoms with E-state index in [2.05, 4.69) is 35.2 Å². The molecule has 1 amide bonds. The lowest BCUT2D eigenvalue weighted by Crippen LogP contribution is -2.41. The van der Waals surface area contributed by atoms with Crippen LogP contribution in [0, 0.1) is 5.92 Å². The molecule has 1 fully saturated rings. The molecule has 0 bridgehead atoms. The molecule has 0 spiro atoms. The highest BCUT2D eigenvalue weighted by Crippen LogP contribution is 2.33. The number of carbonyl (C=O) groups excluding carboxylic acids is 1. The van der Waals surface area contributed by atoms with E-state index >= 15 is 0 Å². The quantitative estimate of drug-likeness (QED) is 0.772. The Hall–Kier alpha value is -2.53. The maximum Gasteiger partial charge on any atom is 0.254 e. The fourth-order valence-corrected chi connectivity index (χ4v) is 4.39. The summed E-state index contributed by atoms with van der Waals surface area (Å²) in [6.45, 7) is 4.75. The molecule has 28 heavy (non-hydrogen) atoms. The molecular formula is C23H28N2O3. The molecule has 1 unspecified atom stereocenters. The summed E-state index contributed by atoms with van der Waals surface area (Å²) in [7, 11) is 3.23. The second-order valence-electron chi connectivity index (χ2n) is 7.74. The lowest BCUT2D eigenvalue weighted by molar-refractivity contribution is 0.0711. The van der Waals surface area contributed by atoms with E-state index in [9.17, 15) is 4.79 Å². The standard InChI is InChI=1S/C23H28N2O3/c1-27-21-12-19-9-11-25(23(26)20(19)13-22(21)28-2)16-18-8-10-24(15-18)14-17-6-4-3-5-7-17/h3-7,12-13,18H,8-11,14-16H2,1-2H3. The van der Waals surface area contributed by atoms with Crippen LogP contribution in [0.3, 0.4) is 0 Å². The van der Waals surface area contributed by atoms with Gasteiger partial charge in [0.25, 0.3) is 5.91 Å². The third-order valence-corrected chi connectivity index (χ3v) is 5.88. The highest BCUT2D eigenvalue weighted by molar-refractivity contribution is 5.97. The molecule has 0 aromatic heterocycles. The second-order valence-corrected chi connectivity index (χ2v) is 7.74. The van der Waals surface area contributed by atoms with Gasteiger partial charge in [0, 0.05) is 31.7 Å². The minimum absolute atomic E-state index is 0.115. The van der Waals surface area contributed by atoms with Gasteiger partial charge in [-0.3, -0.25) is 9.69 Å². The van der Waals surface area contributed by atoms with Gasteiger partial charge in [-0.2, -0.15) is 0 Å². The minimum Gasteiger partial charge on any atom is -0.493 e. The molecule has 2 aromatic rings. The van der Waals surface area contributed by atoms with Gasteiger partial charge in [-0.15, -0.1) is 0 Å². The summed E-state index contributed by atoms with van der Waals surface area (Å²) in [5.41, 5.74) is 3.16. The predicted octanol–water partition coefficient (Wildman–Crippen LogP) is 3.22. The molecule has 2 aliphatic rings. The Balaban J connectivity index is 1.39. The number of likely N-dealkylation sites (tertiary alicyclic amines) is 1. The smallest absolute Gasteiger partial charge is 0.254 e. The normalized spacial score (nSPS) is 19.6. The zero-order valence-corrected chi connectivity index (χ0v) is 16.7. The number of hydrogen-bond acceptors (Lipinski definition) is 4. The van der Waals surface area contributed by atoms with Crippen LogP contribution >= 0.6 is 0 Å². The molecule has 2 aliphatic heterocycles. The monoisotopic (exact) mass is 380 g/mol. The molecular weight excluding hydrogens is 352 g/mol. The van der Waals surface area contributed by atoms with E-state index in [0.29, 0.717) is 17.4 Å². The average molecular weight is 380 g/mol. The number of hydrogen-bond donors (Lipinski definition) is 0. The van der Waals surface area contributed by atoms with Gasteiger partial charge in [0.2, 0.25) is 0 Å². The zero-order valence-electron chi connectivity index (χ0n) is 16.7. The van der Waals surface area contributed by atoms with Crippen LogP contribution < -0.4 is 9.47 Å². The number of amides is 1. The Morgan fingerprint density at radius 1 is 1.04 bits per heavy atom. The maximum atomic E-state index is 13.1. The van der Waals surface area contributed by atoms with E-state index in [0.717, 1.165) is 56.7 Å². The van der Waals surface area contributed by atoms with E-state index in [1.54, 1.807) is 14.2 Å². The van der Waals surface area contributed by atoms with Gasteiger partial charge in [-0.1, -0.05) is 30.3 Å². The number of ether oxygens (including phenoxy) is 2.